The number of aryl methyl sites for hydroxylation is 1. The quantitative estimate of drug-likeness (QED) is 0.359. The third kappa shape index (κ3) is 4.90. The van der Waals surface area contributed by atoms with Crippen LogP contribution in [0.15, 0.2) is 30.5 Å². The van der Waals surface area contributed by atoms with E-state index < -0.39 is 11.4 Å². The van der Waals surface area contributed by atoms with E-state index in [2.05, 4.69) is 27.7 Å². The number of likely N-dealkylation sites (tertiary alicyclic amines) is 1. The van der Waals surface area contributed by atoms with Crippen molar-refractivity contribution in [2.75, 3.05) is 44.7 Å². The minimum Gasteiger partial charge on any atom is -0.441 e. The lowest BCUT2D eigenvalue weighted by atomic mass is 9.91. The summed E-state index contributed by atoms with van der Waals surface area (Å²) in [6, 6.07) is 7.53. The van der Waals surface area contributed by atoms with E-state index in [0.29, 0.717) is 36.8 Å². The Morgan fingerprint density at radius 2 is 1.96 bits per heavy atom. The predicted molar refractivity (Wildman–Crippen MR) is 168 cm³/mol. The predicted octanol–water partition coefficient (Wildman–Crippen LogP) is 4.19. The minimum absolute atomic E-state index is 0.0575. The maximum Gasteiger partial charge on any atom is 0.410 e. The number of hydrogen-bond donors (Lipinski definition) is 1. The van der Waals surface area contributed by atoms with Crippen molar-refractivity contribution in [1.82, 2.24) is 29.0 Å². The number of carbonyl (C=O) groups is 2. The molecule has 8 rings (SSSR count). The van der Waals surface area contributed by atoms with Gasteiger partial charge in [0.05, 0.1) is 17.8 Å². The second kappa shape index (κ2) is 10.4. The summed E-state index contributed by atoms with van der Waals surface area (Å²) in [5, 5.41) is 5.88. The third-order valence-corrected chi connectivity index (χ3v) is 10.2. The van der Waals surface area contributed by atoms with Gasteiger partial charge in [0.15, 0.2) is 0 Å². The molecule has 4 fully saturated rings. The highest BCUT2D eigenvalue weighted by molar-refractivity contribution is 5.95. The van der Waals surface area contributed by atoms with Gasteiger partial charge in [0.1, 0.15) is 34.1 Å². The second-order valence-corrected chi connectivity index (χ2v) is 13.6. The second-order valence-electron chi connectivity index (χ2n) is 13.6. The number of pyridine rings is 2. The molecule has 11 nitrogen and oxygen atoms in total. The molecule has 1 saturated carbocycles. The van der Waals surface area contributed by atoms with Gasteiger partial charge in [0, 0.05) is 75.8 Å². The number of piperidine rings is 2. The fourth-order valence-corrected chi connectivity index (χ4v) is 7.44. The number of amides is 2. The highest BCUT2D eigenvalue weighted by atomic mass is 19.1. The molecule has 1 atom stereocenters. The maximum atomic E-state index is 15.7. The van der Waals surface area contributed by atoms with Gasteiger partial charge >= 0.3 is 6.09 Å². The van der Waals surface area contributed by atoms with Crippen molar-refractivity contribution >= 4 is 34.4 Å². The van der Waals surface area contributed by atoms with Crippen LogP contribution in [0.2, 0.25) is 0 Å². The molecule has 3 saturated heterocycles. The summed E-state index contributed by atoms with van der Waals surface area (Å²) in [5.74, 6) is 0.783. The lowest BCUT2D eigenvalue weighted by Crippen LogP contribution is -2.47. The number of carbonyl (C=O) groups excluding carboxylic acids is 2. The van der Waals surface area contributed by atoms with E-state index in [9.17, 15) is 9.59 Å². The van der Waals surface area contributed by atoms with Crippen molar-refractivity contribution in [2.45, 2.75) is 63.6 Å². The first-order valence-electron chi connectivity index (χ1n) is 16.1. The molecule has 45 heavy (non-hydrogen) atoms. The molecule has 1 spiro atoms. The molecule has 1 aliphatic carbocycles. The Morgan fingerprint density at radius 3 is 2.67 bits per heavy atom. The topological polar surface area (TPSA) is 114 Å². The molecule has 12 heteroatoms. The number of aromatic nitrogens is 4. The molecule has 0 unspecified atom stereocenters. The van der Waals surface area contributed by atoms with E-state index in [1.54, 1.807) is 23.0 Å². The summed E-state index contributed by atoms with van der Waals surface area (Å²) in [5.41, 5.74) is 9.53. The maximum absolute atomic E-state index is 15.7. The Bertz CT molecular complexity index is 1840. The van der Waals surface area contributed by atoms with Gasteiger partial charge in [-0.2, -0.15) is 5.10 Å². The molecule has 236 valence electrons. The number of likely N-dealkylation sites (N-methyl/N-ethyl adjacent to an activating group) is 1. The highest BCUT2D eigenvalue weighted by Crippen LogP contribution is 2.39. The number of nitrogens with zero attached hydrogens (tertiary/aromatic N) is 7. The van der Waals surface area contributed by atoms with Gasteiger partial charge in [-0.25, -0.2) is 18.7 Å². The van der Waals surface area contributed by atoms with Crippen LogP contribution < -0.4 is 10.6 Å². The fourth-order valence-electron chi connectivity index (χ4n) is 7.44. The summed E-state index contributed by atoms with van der Waals surface area (Å²) in [4.78, 5) is 36.1. The van der Waals surface area contributed by atoms with Crippen molar-refractivity contribution in [3.8, 4) is 11.4 Å². The summed E-state index contributed by atoms with van der Waals surface area (Å²) in [6.07, 6.45) is 6.99. The molecular weight excluding hydrogens is 575 g/mol. The number of rotatable bonds is 5. The van der Waals surface area contributed by atoms with Crippen LogP contribution in [0.4, 0.5) is 15.0 Å². The lowest BCUT2D eigenvalue weighted by Gasteiger charge is -2.37. The Hall–Kier alpha value is -4.19. The highest BCUT2D eigenvalue weighted by Gasteiger charge is 2.46. The van der Waals surface area contributed by atoms with E-state index in [1.165, 1.54) is 23.4 Å². The molecule has 2 N–H and O–H groups in total. The zero-order chi connectivity index (χ0) is 31.0. The number of hydrogen-bond acceptors (Lipinski definition) is 7. The van der Waals surface area contributed by atoms with Crippen LogP contribution in [0.1, 0.15) is 54.4 Å². The molecule has 0 bridgehead atoms. The monoisotopic (exact) mass is 614 g/mol. The molecule has 4 aliphatic rings. The van der Waals surface area contributed by atoms with Gasteiger partial charge < -0.3 is 29.7 Å². The van der Waals surface area contributed by atoms with Crippen molar-refractivity contribution < 1.29 is 18.7 Å². The molecule has 2 amide bonds. The van der Waals surface area contributed by atoms with Gasteiger partial charge in [-0.15, -0.1) is 0 Å². The number of ether oxygens (including phenoxy) is 1. The summed E-state index contributed by atoms with van der Waals surface area (Å²) < 4.78 is 25.2. The SMILES string of the molecule is Cc1c(-c2cc3ccc(N4CCC5(CC4)CN(C)C(=O)O5)nc3n2CC2CC2)nn2cc(C(=O)N3CCC[C@@H](N)C3)cc(F)c12. The first-order valence-corrected chi connectivity index (χ1v) is 16.1. The Labute approximate surface area is 260 Å². The number of nitrogens with two attached hydrogens (primary N) is 1. The number of fused-ring (bicyclic) bond motifs is 2. The molecule has 0 aromatic carbocycles. The van der Waals surface area contributed by atoms with E-state index in [-0.39, 0.29) is 23.6 Å². The molecule has 4 aromatic heterocycles. The lowest BCUT2D eigenvalue weighted by molar-refractivity contribution is 0.0366. The largest absolute Gasteiger partial charge is 0.441 e. The zero-order valence-electron chi connectivity index (χ0n) is 25.8. The van der Waals surface area contributed by atoms with Crippen LogP contribution in [0.25, 0.3) is 27.9 Å². The smallest absolute Gasteiger partial charge is 0.410 e. The molecule has 3 aliphatic heterocycles. The molecular formula is C33H39FN8O3. The van der Waals surface area contributed by atoms with Crippen LogP contribution in [0.3, 0.4) is 0 Å². The average Bonchev–Trinajstić information content (AvgIpc) is 3.60. The first-order chi connectivity index (χ1) is 21.7. The molecule has 4 aromatic rings. The van der Waals surface area contributed by atoms with Gasteiger partial charge in [-0.3, -0.25) is 4.79 Å². The van der Waals surface area contributed by atoms with Crippen LogP contribution in [0, 0.1) is 18.7 Å². The molecule has 7 heterocycles. The normalized spacial score (nSPS) is 21.8. The van der Waals surface area contributed by atoms with E-state index in [0.717, 1.165) is 73.4 Å². The van der Waals surface area contributed by atoms with Gasteiger partial charge in [-0.1, -0.05) is 0 Å². The minimum atomic E-state index is -0.467. The van der Waals surface area contributed by atoms with E-state index in [1.807, 2.05) is 6.92 Å². The Kier molecular flexibility index (Phi) is 6.56. The molecule has 0 radical (unpaired) electrons. The van der Waals surface area contributed by atoms with Crippen molar-refractivity contribution in [3.05, 3.63) is 47.4 Å². The van der Waals surface area contributed by atoms with Crippen LogP contribution in [-0.2, 0) is 11.3 Å². The van der Waals surface area contributed by atoms with Gasteiger partial charge in [0.2, 0.25) is 0 Å². The van der Waals surface area contributed by atoms with Crippen LogP contribution >= 0.6 is 0 Å². The van der Waals surface area contributed by atoms with Gasteiger partial charge in [-0.05, 0) is 62.8 Å². The Morgan fingerprint density at radius 1 is 1.16 bits per heavy atom. The van der Waals surface area contributed by atoms with Crippen molar-refractivity contribution in [1.29, 1.82) is 0 Å². The van der Waals surface area contributed by atoms with Crippen LogP contribution in [-0.4, -0.2) is 92.4 Å². The van der Waals surface area contributed by atoms with Crippen molar-refractivity contribution in [2.24, 2.45) is 11.7 Å². The fraction of sp³-hybridized carbons (Fsp3) is 0.515. The van der Waals surface area contributed by atoms with Crippen molar-refractivity contribution in [3.63, 3.8) is 0 Å². The Balaban J connectivity index is 1.13. The number of anilines is 1. The summed E-state index contributed by atoms with van der Waals surface area (Å²) >= 11 is 0. The average molecular weight is 615 g/mol. The zero-order valence-corrected chi connectivity index (χ0v) is 25.8. The first kappa shape index (κ1) is 28.3. The van der Waals surface area contributed by atoms with E-state index in [4.69, 9.17) is 20.6 Å². The van der Waals surface area contributed by atoms with Crippen LogP contribution in [0.5, 0.6) is 0 Å². The number of halogens is 1. The third-order valence-electron chi connectivity index (χ3n) is 10.2. The summed E-state index contributed by atoms with van der Waals surface area (Å²) in [6.45, 7) is 5.93. The standard InChI is InChI=1S/C33H39FN8O3/c1-20-28(37-42-17-23(14-25(34)29(20)42)31(43)40-11-3-4-24(35)18-40)26-15-22-7-8-27(36-30(22)41(26)16-21-5-6-21)39-12-9-33(10-13-39)19-38(2)32(44)45-33/h7-8,14-15,17,21,24H,3-6,9-13,16,18-19,35H2,1-2H3/t24-/m1/s1. The van der Waals surface area contributed by atoms with Gasteiger partial charge in [0.25, 0.3) is 5.91 Å². The van der Waals surface area contributed by atoms with E-state index >= 15 is 4.39 Å². The summed E-state index contributed by atoms with van der Waals surface area (Å²) in [7, 11) is 1.79.